The number of carbonyl (C=O) groups excluding carboxylic acids is 1. The van der Waals surface area contributed by atoms with Crippen LogP contribution in [0.25, 0.3) is 21.7 Å². The number of nitrogens with zero attached hydrogens (tertiary/aromatic N) is 1. The van der Waals surface area contributed by atoms with Gasteiger partial charge in [-0.3, -0.25) is 19.5 Å². The van der Waals surface area contributed by atoms with Gasteiger partial charge in [-0.25, -0.2) is 9.78 Å². The van der Waals surface area contributed by atoms with Crippen LogP contribution in [-0.4, -0.2) is 110 Å². The van der Waals surface area contributed by atoms with Crippen LogP contribution in [0, 0.1) is 18.8 Å². The highest BCUT2D eigenvalue weighted by Crippen LogP contribution is 2.49. The maximum atomic E-state index is 13.6. The Morgan fingerprint density at radius 3 is 2.67 bits per heavy atom. The second-order valence-electron chi connectivity index (χ2n) is 17.0. The molecule has 1 aromatic heterocycles. The molecule has 1 fully saturated rings. The smallest absolute Gasteiger partial charge is 0.222 e. The molecule has 16 nitrogen and oxygen atoms in total. The molecule has 61 heavy (non-hydrogen) atoms. The summed E-state index contributed by atoms with van der Waals surface area (Å²) in [5, 5.41) is 79.4. The molecule has 9 N–H and O–H groups in total. The van der Waals surface area contributed by atoms with Crippen LogP contribution in [-0.2, 0) is 27.4 Å². The monoisotopic (exact) mass is 838 g/mol. The van der Waals surface area contributed by atoms with E-state index in [-0.39, 0.29) is 41.1 Å². The normalized spacial score (nSPS) is 26.7. The molecule has 1 amide bonds. The summed E-state index contributed by atoms with van der Waals surface area (Å²) in [6.45, 7) is 1.04. The minimum absolute atomic E-state index is 0.0263. The first kappa shape index (κ1) is 40.9. The van der Waals surface area contributed by atoms with Crippen molar-refractivity contribution in [3.05, 3.63) is 105 Å². The number of allylic oxidation sites excluding steroid dienone is 2. The highest BCUT2D eigenvalue weighted by Gasteiger charge is 2.53. The fraction of sp³-hybridized carbons (Fsp3) is 0.400. The Labute approximate surface area is 348 Å². The quantitative estimate of drug-likeness (QED) is 0.0554. The zero-order chi connectivity index (χ0) is 42.8. The van der Waals surface area contributed by atoms with Crippen LogP contribution in [0.4, 0.5) is 5.69 Å². The van der Waals surface area contributed by atoms with Crippen molar-refractivity contribution in [3.63, 3.8) is 0 Å². The minimum Gasteiger partial charge on any atom is -0.508 e. The molecule has 9 rings (SSSR count). The lowest BCUT2D eigenvalue weighted by atomic mass is 9.71. The largest absolute Gasteiger partial charge is 0.508 e. The highest BCUT2D eigenvalue weighted by molar-refractivity contribution is 5.92. The predicted octanol–water partition coefficient (Wildman–Crippen LogP) is 1.19. The van der Waals surface area contributed by atoms with Gasteiger partial charge < -0.3 is 50.2 Å². The number of phenols is 2. The fourth-order valence-electron chi connectivity index (χ4n) is 9.57. The van der Waals surface area contributed by atoms with Crippen LogP contribution in [0.3, 0.4) is 0 Å². The fourth-order valence-corrected chi connectivity index (χ4v) is 9.57. The van der Waals surface area contributed by atoms with Gasteiger partial charge in [-0.05, 0) is 72.5 Å². The predicted molar refractivity (Wildman–Crippen MR) is 219 cm³/mol. The van der Waals surface area contributed by atoms with E-state index in [1.54, 1.807) is 19.2 Å². The molecule has 5 aliphatic rings. The van der Waals surface area contributed by atoms with Crippen molar-refractivity contribution in [2.45, 2.75) is 74.6 Å². The Morgan fingerprint density at radius 1 is 1.07 bits per heavy atom. The third-order valence-corrected chi connectivity index (χ3v) is 12.9. The first-order valence-corrected chi connectivity index (χ1v) is 20.4. The molecule has 0 saturated carbocycles. The van der Waals surface area contributed by atoms with Crippen LogP contribution in [0.2, 0.25) is 0 Å². The maximum Gasteiger partial charge on any atom is 0.222 e. The number of hydrogen-bond donors (Lipinski definition) is 9. The zero-order valence-electron chi connectivity index (χ0n) is 33.3. The zero-order valence-corrected chi connectivity index (χ0v) is 33.3. The molecule has 4 aliphatic heterocycles. The molecular weight excluding hydrogens is 791 g/mol. The second-order valence-corrected chi connectivity index (χ2v) is 17.0. The minimum atomic E-state index is -2.40. The second kappa shape index (κ2) is 15.8. The van der Waals surface area contributed by atoms with Gasteiger partial charge in [-0.15, -0.1) is 0 Å². The molecular formula is C45H48N3O13+. The number of aryl methyl sites for hydroxylation is 1. The summed E-state index contributed by atoms with van der Waals surface area (Å²) in [4.78, 5) is 43.6. The SMILES string of the molecule is Cc1cc(=O)c2cc3c(c([NH+]4C=C5N=CC=C5C4)c2o1)OC1(CC=CC(C2CNC(=O)C2)C1)C(OOCC(O)(Cc1ccc(O)c2ccc(O)cc12)C(O)C(O)C(O)CO)C3. The van der Waals surface area contributed by atoms with E-state index in [1.807, 2.05) is 18.4 Å². The van der Waals surface area contributed by atoms with E-state index in [0.717, 1.165) is 16.2 Å². The van der Waals surface area contributed by atoms with E-state index in [1.165, 1.54) is 36.4 Å². The third kappa shape index (κ3) is 7.42. The number of quaternary nitrogens is 1. The molecule has 0 bridgehead atoms. The number of fused-ring (bicyclic) bond motifs is 4. The number of aromatic hydroxyl groups is 2. The maximum absolute atomic E-state index is 13.6. The van der Waals surface area contributed by atoms with Gasteiger partial charge >= 0.3 is 0 Å². The topological polar surface area (TPSA) is 245 Å². The molecule has 0 radical (unpaired) electrons. The van der Waals surface area contributed by atoms with Gasteiger partial charge in [-0.1, -0.05) is 18.2 Å². The van der Waals surface area contributed by atoms with Crippen molar-refractivity contribution in [1.82, 2.24) is 5.32 Å². The number of nitrogens with one attached hydrogen (secondary N) is 2. The van der Waals surface area contributed by atoms with Crippen molar-refractivity contribution in [3.8, 4) is 17.2 Å². The van der Waals surface area contributed by atoms with Gasteiger partial charge in [0.15, 0.2) is 11.2 Å². The average molecular weight is 839 g/mol. The van der Waals surface area contributed by atoms with Gasteiger partial charge in [0, 0.05) is 61.0 Å². The van der Waals surface area contributed by atoms with E-state index >= 15 is 0 Å². The number of aliphatic hydroxyl groups excluding tert-OH is 4. The van der Waals surface area contributed by atoms with Crippen LogP contribution in [0.5, 0.6) is 17.2 Å². The molecule has 9 atom stereocenters. The number of carbonyl (C=O) groups is 1. The van der Waals surface area contributed by atoms with Crippen molar-refractivity contribution in [1.29, 1.82) is 0 Å². The third-order valence-electron chi connectivity index (χ3n) is 12.9. The van der Waals surface area contributed by atoms with E-state index in [0.29, 0.717) is 82.4 Å². The standard InChI is InChI=1S/C45H47N3O13/c1-23-11-35(52)32-12-27-13-37(61-58-22-44(57,43(56)40(55)36(53)21-49)16-25-4-7-34(51)30-6-5-29(50)15-31(25)30)45(9-2-3-24(17-45)28-14-38(54)47-18-28)60-41(27)39(42(32)59-23)48-19-26-8-10-46-33(26)20-48/h2-8,10-12,15,20,24,28,36-37,40,43,49-51,53,55-57H,9,13-14,16-19,21-22H2,1H3,(H,47,54)/p+1. The number of ether oxygens (including phenoxy) is 1. The lowest BCUT2D eigenvalue weighted by molar-refractivity contribution is -0.763. The van der Waals surface area contributed by atoms with Crippen molar-refractivity contribution >= 4 is 39.6 Å². The van der Waals surface area contributed by atoms with Crippen molar-refractivity contribution in [2.24, 2.45) is 16.8 Å². The van der Waals surface area contributed by atoms with Crippen molar-refractivity contribution in [2.75, 3.05) is 26.3 Å². The Morgan fingerprint density at radius 2 is 1.90 bits per heavy atom. The van der Waals surface area contributed by atoms with Crippen molar-refractivity contribution < 1.29 is 64.4 Å². The Hall–Kier alpha value is -5.43. The number of phenolic OH excluding ortho intramolecular Hbond substituents is 2. The van der Waals surface area contributed by atoms with E-state index < -0.39 is 55.3 Å². The first-order valence-electron chi connectivity index (χ1n) is 20.4. The first-order chi connectivity index (χ1) is 29.3. The molecule has 1 saturated heterocycles. The lowest BCUT2D eigenvalue weighted by Crippen LogP contribution is -3.01. The Bertz CT molecular complexity index is 2600. The summed E-state index contributed by atoms with van der Waals surface area (Å²) in [6, 6.07) is 10.3. The number of rotatable bonds is 12. The number of amides is 1. The molecule has 1 spiro atoms. The van der Waals surface area contributed by atoms with Gasteiger partial charge in [0.2, 0.25) is 17.2 Å². The van der Waals surface area contributed by atoms with Gasteiger partial charge in [-0.2, -0.15) is 0 Å². The summed E-state index contributed by atoms with van der Waals surface area (Å²) < 4.78 is 13.5. The van der Waals surface area contributed by atoms with Gasteiger partial charge in [0.05, 0.1) is 12.0 Å². The lowest BCUT2D eigenvalue weighted by Gasteiger charge is -2.47. The van der Waals surface area contributed by atoms with Gasteiger partial charge in [0.25, 0.3) is 0 Å². The highest BCUT2D eigenvalue weighted by atomic mass is 17.2. The molecule has 3 aromatic carbocycles. The molecule has 16 heteroatoms. The Kier molecular flexibility index (Phi) is 10.6. The summed E-state index contributed by atoms with van der Waals surface area (Å²) >= 11 is 0. The molecule has 4 aromatic rings. The summed E-state index contributed by atoms with van der Waals surface area (Å²) in [6.07, 6.45) is 3.67. The van der Waals surface area contributed by atoms with Crippen LogP contribution in [0.15, 0.2) is 92.4 Å². The van der Waals surface area contributed by atoms with Gasteiger partial charge in [0.1, 0.15) is 77.9 Å². The van der Waals surface area contributed by atoms with Crippen LogP contribution < -0.4 is 20.4 Å². The summed E-state index contributed by atoms with van der Waals surface area (Å²) in [5.41, 5.74) is 0.0659. The number of hydrogen-bond acceptors (Lipinski definition) is 14. The summed E-state index contributed by atoms with van der Waals surface area (Å²) in [7, 11) is 0. The molecule has 1 aliphatic carbocycles. The Balaban J connectivity index is 1.10. The summed E-state index contributed by atoms with van der Waals surface area (Å²) in [5.74, 6) is 0.546. The molecule has 5 heterocycles. The van der Waals surface area contributed by atoms with E-state index in [4.69, 9.17) is 18.9 Å². The number of aliphatic hydroxyl groups is 5. The van der Waals surface area contributed by atoms with Crippen LogP contribution >= 0.6 is 0 Å². The number of aliphatic imine (C=N–C) groups is 1. The van der Waals surface area contributed by atoms with E-state index in [2.05, 4.69) is 16.4 Å². The van der Waals surface area contributed by atoms with Crippen LogP contribution in [0.1, 0.15) is 36.1 Å². The number of benzene rings is 3. The molecule has 9 unspecified atom stereocenters. The average Bonchev–Trinajstić information content (AvgIpc) is 3.98. The van der Waals surface area contributed by atoms with E-state index in [9.17, 15) is 45.3 Å². The molecule has 320 valence electrons.